The summed E-state index contributed by atoms with van der Waals surface area (Å²) in [5.41, 5.74) is 1.09. The van der Waals surface area contributed by atoms with E-state index in [2.05, 4.69) is 16.8 Å². The molecule has 0 bridgehead atoms. The van der Waals surface area contributed by atoms with Gasteiger partial charge in [0.05, 0.1) is 19.8 Å². The van der Waals surface area contributed by atoms with Crippen molar-refractivity contribution in [1.82, 2.24) is 14.7 Å². The molecule has 2 saturated heterocycles. The molecule has 6 nitrogen and oxygen atoms in total. The number of carbonyl (C=O) groups is 1. The Morgan fingerprint density at radius 1 is 1.29 bits per heavy atom. The lowest BCUT2D eigenvalue weighted by molar-refractivity contribution is -0.134. The maximum atomic E-state index is 12.6. The van der Waals surface area contributed by atoms with E-state index in [-0.39, 0.29) is 18.1 Å². The number of β-amino-alcohol motifs (C(OH)–C–C–N with tert-alkyl or cyclic N) is 1. The summed E-state index contributed by atoms with van der Waals surface area (Å²) in [5.74, 6) is 0.962. The van der Waals surface area contributed by atoms with Crippen LogP contribution in [0.1, 0.15) is 18.0 Å². The molecule has 1 N–H and O–H groups in total. The molecule has 24 heavy (non-hydrogen) atoms. The van der Waals surface area contributed by atoms with Gasteiger partial charge >= 0.3 is 0 Å². The molecule has 1 amide bonds. The Morgan fingerprint density at radius 2 is 2.04 bits per heavy atom. The van der Waals surface area contributed by atoms with E-state index in [1.54, 1.807) is 7.11 Å². The zero-order valence-electron chi connectivity index (χ0n) is 14.5. The quantitative estimate of drug-likeness (QED) is 0.873. The van der Waals surface area contributed by atoms with E-state index in [4.69, 9.17) is 4.74 Å². The molecule has 2 aliphatic rings. The van der Waals surface area contributed by atoms with Gasteiger partial charge in [-0.05, 0) is 31.2 Å². The summed E-state index contributed by atoms with van der Waals surface area (Å²) in [6.07, 6.45) is 0.268. The van der Waals surface area contributed by atoms with Crippen molar-refractivity contribution in [3.63, 3.8) is 0 Å². The first kappa shape index (κ1) is 17.2. The highest BCUT2D eigenvalue weighted by molar-refractivity contribution is 5.78. The Balaban J connectivity index is 1.67. The summed E-state index contributed by atoms with van der Waals surface area (Å²) in [5, 5.41) is 10.1. The van der Waals surface area contributed by atoms with Gasteiger partial charge in [0, 0.05) is 38.8 Å². The number of ether oxygens (including phenoxy) is 1. The molecule has 6 heteroatoms. The third-order valence-electron chi connectivity index (χ3n) is 5.05. The summed E-state index contributed by atoms with van der Waals surface area (Å²) in [6, 6.07) is 7.97. The Hall–Kier alpha value is -1.63. The maximum Gasteiger partial charge on any atom is 0.236 e. The number of benzene rings is 1. The second-order valence-corrected chi connectivity index (χ2v) is 6.80. The Labute approximate surface area is 143 Å². The number of amides is 1. The van der Waals surface area contributed by atoms with Gasteiger partial charge in [0.15, 0.2) is 0 Å². The normalized spacial score (nSPS) is 25.9. The number of nitrogens with zero attached hydrogens (tertiary/aromatic N) is 3. The van der Waals surface area contributed by atoms with Gasteiger partial charge in [-0.1, -0.05) is 12.1 Å². The van der Waals surface area contributed by atoms with Crippen LogP contribution in [0.25, 0.3) is 0 Å². The van der Waals surface area contributed by atoms with E-state index in [1.165, 1.54) is 0 Å². The number of hydrogen-bond donors (Lipinski definition) is 1. The molecule has 2 heterocycles. The average molecular weight is 333 g/mol. The third kappa shape index (κ3) is 3.88. The molecule has 2 unspecified atom stereocenters. The van der Waals surface area contributed by atoms with Crippen LogP contribution in [0.3, 0.4) is 0 Å². The summed E-state index contributed by atoms with van der Waals surface area (Å²) in [6.45, 7) is 4.33. The molecule has 0 radical (unpaired) electrons. The Kier molecular flexibility index (Phi) is 5.38. The summed E-state index contributed by atoms with van der Waals surface area (Å²) in [7, 11) is 3.73. The van der Waals surface area contributed by atoms with Crippen LogP contribution < -0.4 is 4.74 Å². The molecule has 0 aromatic heterocycles. The first-order chi connectivity index (χ1) is 11.6. The fourth-order valence-electron chi connectivity index (χ4n) is 3.58. The zero-order valence-corrected chi connectivity index (χ0v) is 14.5. The van der Waals surface area contributed by atoms with Crippen molar-refractivity contribution in [2.24, 2.45) is 0 Å². The minimum absolute atomic E-state index is 0.0616. The second-order valence-electron chi connectivity index (χ2n) is 6.80. The van der Waals surface area contributed by atoms with Gasteiger partial charge in [-0.2, -0.15) is 0 Å². The molecule has 132 valence electrons. The fraction of sp³-hybridized carbons (Fsp3) is 0.611. The van der Waals surface area contributed by atoms with Crippen molar-refractivity contribution < 1.29 is 14.6 Å². The lowest BCUT2D eigenvalue weighted by Crippen LogP contribution is -2.50. The topological polar surface area (TPSA) is 56.3 Å². The molecule has 1 aromatic carbocycles. The smallest absolute Gasteiger partial charge is 0.236 e. The van der Waals surface area contributed by atoms with E-state index in [9.17, 15) is 9.90 Å². The first-order valence-corrected chi connectivity index (χ1v) is 8.59. The SMILES string of the molecule is COc1cccc(C2CC(O)CN2CC(=O)N2CCN(C)CC2)c1. The molecule has 2 fully saturated rings. The highest BCUT2D eigenvalue weighted by Crippen LogP contribution is 2.33. The number of likely N-dealkylation sites (N-methyl/N-ethyl adjacent to an activating group) is 1. The predicted molar refractivity (Wildman–Crippen MR) is 92.0 cm³/mol. The van der Waals surface area contributed by atoms with Crippen LogP contribution in [-0.4, -0.2) is 85.2 Å². The average Bonchev–Trinajstić information content (AvgIpc) is 2.96. The largest absolute Gasteiger partial charge is 0.497 e. The van der Waals surface area contributed by atoms with Crippen LogP contribution in [0, 0.1) is 0 Å². The van der Waals surface area contributed by atoms with Crippen LogP contribution in [0.5, 0.6) is 5.75 Å². The lowest BCUT2D eigenvalue weighted by atomic mass is 10.0. The van der Waals surface area contributed by atoms with E-state index in [0.29, 0.717) is 19.5 Å². The van der Waals surface area contributed by atoms with Crippen molar-refractivity contribution in [3.05, 3.63) is 29.8 Å². The number of rotatable bonds is 4. The van der Waals surface area contributed by atoms with Crippen molar-refractivity contribution in [1.29, 1.82) is 0 Å². The molecule has 1 aromatic rings. The van der Waals surface area contributed by atoms with E-state index in [0.717, 1.165) is 37.5 Å². The van der Waals surface area contributed by atoms with Gasteiger partial charge in [-0.3, -0.25) is 9.69 Å². The van der Waals surface area contributed by atoms with Gasteiger partial charge in [0.1, 0.15) is 5.75 Å². The zero-order chi connectivity index (χ0) is 17.1. The molecule has 0 aliphatic carbocycles. The number of carbonyl (C=O) groups excluding carboxylic acids is 1. The molecule has 0 saturated carbocycles. The van der Waals surface area contributed by atoms with Gasteiger partial charge < -0.3 is 19.6 Å². The fourth-order valence-corrected chi connectivity index (χ4v) is 3.58. The van der Waals surface area contributed by atoms with Crippen molar-refractivity contribution >= 4 is 5.91 Å². The first-order valence-electron chi connectivity index (χ1n) is 8.59. The summed E-state index contributed by atoms with van der Waals surface area (Å²) < 4.78 is 5.30. The van der Waals surface area contributed by atoms with Gasteiger partial charge in [-0.25, -0.2) is 0 Å². The number of methoxy groups -OCH3 is 1. The third-order valence-corrected chi connectivity index (χ3v) is 5.05. The highest BCUT2D eigenvalue weighted by Gasteiger charge is 2.34. The van der Waals surface area contributed by atoms with E-state index >= 15 is 0 Å². The lowest BCUT2D eigenvalue weighted by Gasteiger charge is -2.34. The molecule has 2 aliphatic heterocycles. The highest BCUT2D eigenvalue weighted by atomic mass is 16.5. The van der Waals surface area contributed by atoms with Gasteiger partial charge in [0.2, 0.25) is 5.91 Å². The number of piperazine rings is 1. The van der Waals surface area contributed by atoms with Crippen molar-refractivity contribution in [2.45, 2.75) is 18.6 Å². The van der Waals surface area contributed by atoms with Gasteiger partial charge in [-0.15, -0.1) is 0 Å². The number of likely N-dealkylation sites (tertiary alicyclic amines) is 1. The van der Waals surface area contributed by atoms with Crippen LogP contribution in [0.15, 0.2) is 24.3 Å². The van der Waals surface area contributed by atoms with Crippen LogP contribution in [-0.2, 0) is 4.79 Å². The number of hydrogen-bond acceptors (Lipinski definition) is 5. The predicted octanol–water partition coefficient (Wildman–Crippen LogP) is 0.577. The van der Waals surface area contributed by atoms with E-state index < -0.39 is 0 Å². The second kappa shape index (κ2) is 7.51. The standard InChI is InChI=1S/C18H27N3O3/c1-19-6-8-20(9-7-19)18(23)13-21-12-15(22)11-17(21)14-4-3-5-16(10-14)24-2/h3-5,10,15,17,22H,6-9,11-13H2,1-2H3. The van der Waals surface area contributed by atoms with Crippen LogP contribution >= 0.6 is 0 Å². The number of aliphatic hydroxyl groups excluding tert-OH is 1. The molecule has 3 rings (SSSR count). The van der Waals surface area contributed by atoms with Crippen LogP contribution in [0.4, 0.5) is 0 Å². The summed E-state index contributed by atoms with van der Waals surface area (Å²) in [4.78, 5) is 18.9. The molecular formula is C18H27N3O3. The van der Waals surface area contributed by atoms with Gasteiger partial charge in [0.25, 0.3) is 0 Å². The Morgan fingerprint density at radius 3 is 2.75 bits per heavy atom. The molecule has 0 spiro atoms. The monoisotopic (exact) mass is 333 g/mol. The minimum atomic E-state index is -0.388. The van der Waals surface area contributed by atoms with E-state index in [1.807, 2.05) is 29.2 Å². The molecular weight excluding hydrogens is 306 g/mol. The van der Waals surface area contributed by atoms with Crippen LogP contribution in [0.2, 0.25) is 0 Å². The molecule has 2 atom stereocenters. The van der Waals surface area contributed by atoms with Crippen molar-refractivity contribution in [3.8, 4) is 5.75 Å². The minimum Gasteiger partial charge on any atom is -0.497 e. The maximum absolute atomic E-state index is 12.6. The number of aliphatic hydroxyl groups is 1. The summed E-state index contributed by atoms with van der Waals surface area (Å²) >= 11 is 0. The van der Waals surface area contributed by atoms with Crippen molar-refractivity contribution in [2.75, 3.05) is 53.4 Å². The Bertz CT molecular complexity index is 572.